The van der Waals surface area contributed by atoms with Crippen molar-refractivity contribution in [3.05, 3.63) is 137 Å². The normalized spacial score (nSPS) is 11.0. The molecule has 5 rings (SSSR count). The number of aromatic nitrogens is 1. The van der Waals surface area contributed by atoms with Crippen molar-refractivity contribution in [1.29, 1.82) is 0 Å². The van der Waals surface area contributed by atoms with E-state index in [4.69, 9.17) is 0 Å². The van der Waals surface area contributed by atoms with Crippen LogP contribution in [0.15, 0.2) is 126 Å². The van der Waals surface area contributed by atoms with Crippen LogP contribution in [0.4, 0.5) is 11.4 Å². The van der Waals surface area contributed by atoms with Gasteiger partial charge in [0.25, 0.3) is 5.69 Å². The van der Waals surface area contributed by atoms with E-state index in [1.165, 1.54) is 12.1 Å². The molecule has 0 saturated carbocycles. The number of para-hydroxylation sites is 1. The summed E-state index contributed by atoms with van der Waals surface area (Å²) in [6, 6.07) is 39.0. The van der Waals surface area contributed by atoms with Crippen LogP contribution in [0, 0.1) is 10.1 Å². The highest BCUT2D eigenvalue weighted by molar-refractivity contribution is 5.93. The maximum atomic E-state index is 10.9. The first-order valence-electron chi connectivity index (χ1n) is 11.2. The lowest BCUT2D eigenvalue weighted by molar-refractivity contribution is -0.384. The van der Waals surface area contributed by atoms with E-state index in [2.05, 4.69) is 57.6 Å². The van der Waals surface area contributed by atoms with Gasteiger partial charge in [0.2, 0.25) is 0 Å². The third-order valence-corrected chi connectivity index (χ3v) is 5.64. The molecule has 0 fully saturated rings. The van der Waals surface area contributed by atoms with Crippen molar-refractivity contribution in [1.82, 2.24) is 4.57 Å². The van der Waals surface area contributed by atoms with E-state index in [9.17, 15) is 10.1 Å². The molecule has 1 N–H and O–H groups in total. The summed E-state index contributed by atoms with van der Waals surface area (Å²) < 4.78 is 2.25. The van der Waals surface area contributed by atoms with Crippen LogP contribution in [0.5, 0.6) is 0 Å². The van der Waals surface area contributed by atoms with Crippen LogP contribution in [0.2, 0.25) is 0 Å². The number of hydrogen-bond acceptors (Lipinski definition) is 4. The molecular formula is C29H22N4O2. The molecule has 0 aliphatic rings. The molecule has 6 heteroatoms. The van der Waals surface area contributed by atoms with Crippen molar-refractivity contribution in [3.8, 4) is 28.2 Å². The number of rotatable bonds is 7. The summed E-state index contributed by atoms with van der Waals surface area (Å²) in [6.45, 7) is 0. The third-order valence-electron chi connectivity index (χ3n) is 5.64. The number of anilines is 1. The molecule has 0 aliphatic carbocycles. The number of benzene rings is 4. The highest BCUT2D eigenvalue weighted by Gasteiger charge is 2.18. The van der Waals surface area contributed by atoms with Crippen LogP contribution in [0.25, 0.3) is 28.2 Å². The molecule has 0 bridgehead atoms. The molecule has 0 atom stereocenters. The van der Waals surface area contributed by atoms with Crippen molar-refractivity contribution in [2.75, 3.05) is 5.43 Å². The molecule has 5 aromatic rings. The predicted molar refractivity (Wildman–Crippen MR) is 141 cm³/mol. The van der Waals surface area contributed by atoms with Gasteiger partial charge >= 0.3 is 0 Å². The smallest absolute Gasteiger partial charge is 0.269 e. The van der Waals surface area contributed by atoms with Gasteiger partial charge in [-0.3, -0.25) is 15.5 Å². The Morgan fingerprint density at radius 3 is 1.91 bits per heavy atom. The molecule has 0 saturated heterocycles. The fourth-order valence-corrected chi connectivity index (χ4v) is 4.02. The largest absolute Gasteiger partial charge is 0.309 e. The van der Waals surface area contributed by atoms with Gasteiger partial charge in [-0.1, -0.05) is 78.9 Å². The first kappa shape index (κ1) is 21.9. The second kappa shape index (κ2) is 9.89. The van der Waals surface area contributed by atoms with Gasteiger partial charge in [-0.15, -0.1) is 0 Å². The molecular weight excluding hydrogens is 436 g/mol. The van der Waals surface area contributed by atoms with E-state index in [1.54, 1.807) is 18.3 Å². The second-order valence-corrected chi connectivity index (χ2v) is 7.91. The molecule has 170 valence electrons. The Morgan fingerprint density at radius 2 is 1.31 bits per heavy atom. The highest BCUT2D eigenvalue weighted by atomic mass is 16.6. The van der Waals surface area contributed by atoms with Crippen LogP contribution in [0.1, 0.15) is 5.56 Å². The topological polar surface area (TPSA) is 72.5 Å². The SMILES string of the molecule is O=[N+]([O-])c1ccc(N/N=C\c2cc(-c3ccccc3)n(-c3ccccc3)c2-c2ccccc2)cc1. The molecule has 6 nitrogen and oxygen atoms in total. The van der Waals surface area contributed by atoms with Crippen LogP contribution in [-0.2, 0) is 0 Å². The minimum absolute atomic E-state index is 0.0401. The zero-order valence-electron chi connectivity index (χ0n) is 18.8. The van der Waals surface area contributed by atoms with Crippen LogP contribution < -0.4 is 5.43 Å². The molecule has 0 amide bonds. The van der Waals surface area contributed by atoms with E-state index in [0.717, 1.165) is 33.8 Å². The number of nitrogens with zero attached hydrogens (tertiary/aromatic N) is 3. The van der Waals surface area contributed by atoms with Gasteiger partial charge in [0.15, 0.2) is 0 Å². The standard InChI is InChI=1S/C29H22N4O2/c34-33(35)27-18-16-25(17-19-27)31-30-21-24-20-28(22-10-4-1-5-11-22)32(26-14-8-3-9-15-26)29(24)23-12-6-2-7-13-23/h1-21,31H/b30-21-. The van der Waals surface area contributed by atoms with Crippen LogP contribution >= 0.6 is 0 Å². The van der Waals surface area contributed by atoms with E-state index >= 15 is 0 Å². The Balaban J connectivity index is 1.62. The summed E-state index contributed by atoms with van der Waals surface area (Å²) in [5.41, 5.74) is 9.90. The summed E-state index contributed by atoms with van der Waals surface area (Å²) in [4.78, 5) is 10.5. The Bertz CT molecular complexity index is 1460. The number of nitrogens with one attached hydrogen (secondary N) is 1. The van der Waals surface area contributed by atoms with E-state index < -0.39 is 4.92 Å². The molecule has 35 heavy (non-hydrogen) atoms. The molecule has 0 spiro atoms. The van der Waals surface area contributed by atoms with Gasteiger partial charge < -0.3 is 4.57 Å². The van der Waals surface area contributed by atoms with E-state index in [-0.39, 0.29) is 5.69 Å². The van der Waals surface area contributed by atoms with Gasteiger partial charge in [0, 0.05) is 23.4 Å². The van der Waals surface area contributed by atoms with Crippen molar-refractivity contribution in [2.45, 2.75) is 0 Å². The first-order valence-corrected chi connectivity index (χ1v) is 11.2. The molecule has 4 aromatic carbocycles. The summed E-state index contributed by atoms with van der Waals surface area (Å²) in [5, 5.41) is 15.4. The van der Waals surface area contributed by atoms with E-state index in [1.807, 2.05) is 54.6 Å². The summed E-state index contributed by atoms with van der Waals surface area (Å²) in [5.74, 6) is 0. The van der Waals surface area contributed by atoms with Crippen molar-refractivity contribution in [2.24, 2.45) is 5.10 Å². The monoisotopic (exact) mass is 458 g/mol. The van der Waals surface area contributed by atoms with E-state index in [0.29, 0.717) is 5.69 Å². The highest BCUT2D eigenvalue weighted by Crippen LogP contribution is 2.35. The fourth-order valence-electron chi connectivity index (χ4n) is 4.02. The fraction of sp³-hybridized carbons (Fsp3) is 0. The quantitative estimate of drug-likeness (QED) is 0.160. The Labute approximate surface area is 203 Å². The van der Waals surface area contributed by atoms with Gasteiger partial charge in [-0.05, 0) is 41.5 Å². The molecule has 0 aliphatic heterocycles. The number of hydrogen-bond donors (Lipinski definition) is 1. The number of hydrazone groups is 1. The Morgan fingerprint density at radius 1 is 0.743 bits per heavy atom. The lowest BCUT2D eigenvalue weighted by atomic mass is 10.1. The van der Waals surface area contributed by atoms with Crippen molar-refractivity contribution >= 4 is 17.6 Å². The Hall–Kier alpha value is -4.97. The first-order chi connectivity index (χ1) is 17.2. The average Bonchev–Trinajstić information content (AvgIpc) is 3.30. The maximum Gasteiger partial charge on any atom is 0.269 e. The van der Waals surface area contributed by atoms with Crippen LogP contribution in [-0.4, -0.2) is 15.7 Å². The molecule has 0 unspecified atom stereocenters. The number of nitro groups is 1. The lowest BCUT2D eigenvalue weighted by Crippen LogP contribution is -2.00. The lowest BCUT2D eigenvalue weighted by Gasteiger charge is -2.15. The summed E-state index contributed by atoms with van der Waals surface area (Å²) >= 11 is 0. The van der Waals surface area contributed by atoms with Crippen molar-refractivity contribution < 1.29 is 4.92 Å². The summed E-state index contributed by atoms with van der Waals surface area (Å²) in [7, 11) is 0. The minimum atomic E-state index is -0.420. The number of non-ortho nitro benzene ring substituents is 1. The second-order valence-electron chi connectivity index (χ2n) is 7.91. The zero-order valence-corrected chi connectivity index (χ0v) is 18.8. The zero-order chi connectivity index (χ0) is 24.0. The minimum Gasteiger partial charge on any atom is -0.309 e. The number of nitro benzene ring substituents is 1. The molecule has 0 radical (unpaired) electrons. The van der Waals surface area contributed by atoms with Crippen LogP contribution in [0.3, 0.4) is 0 Å². The van der Waals surface area contributed by atoms with Crippen molar-refractivity contribution in [3.63, 3.8) is 0 Å². The molecule has 1 aromatic heterocycles. The third kappa shape index (κ3) is 4.72. The Kier molecular flexibility index (Phi) is 6.17. The van der Waals surface area contributed by atoms with Gasteiger partial charge in [-0.2, -0.15) is 5.10 Å². The van der Waals surface area contributed by atoms with Gasteiger partial charge in [0.1, 0.15) is 0 Å². The predicted octanol–water partition coefficient (Wildman–Crippen LogP) is 7.17. The van der Waals surface area contributed by atoms with Gasteiger partial charge in [-0.25, -0.2) is 0 Å². The van der Waals surface area contributed by atoms with Gasteiger partial charge in [0.05, 0.1) is 28.2 Å². The maximum absolute atomic E-state index is 10.9. The molecule has 1 heterocycles. The average molecular weight is 459 g/mol. The summed E-state index contributed by atoms with van der Waals surface area (Å²) in [6.07, 6.45) is 1.79.